The zero-order valence-corrected chi connectivity index (χ0v) is 19.9. The lowest BCUT2D eigenvalue weighted by Gasteiger charge is -2.45. The Balaban J connectivity index is 2.14. The third kappa shape index (κ3) is 5.66. The van der Waals surface area contributed by atoms with Gasteiger partial charge in [0.25, 0.3) is 0 Å². The fraction of sp³-hybridized carbons (Fsp3) is 0.760. The number of aliphatic hydroxyl groups excluding tert-OH is 2. The highest BCUT2D eigenvalue weighted by atomic mass is 19.4. The highest BCUT2D eigenvalue weighted by Gasteiger charge is 2.70. The second-order valence-corrected chi connectivity index (χ2v) is 10.6. The summed E-state index contributed by atoms with van der Waals surface area (Å²) in [6, 6.07) is 0. The summed E-state index contributed by atoms with van der Waals surface area (Å²) in [5.74, 6) is 2.83. The average Bonchev–Trinajstić information content (AvgIpc) is 2.89. The van der Waals surface area contributed by atoms with Crippen LogP contribution in [0.15, 0.2) is 23.8 Å². The van der Waals surface area contributed by atoms with E-state index >= 15 is 0 Å². The molecule has 194 valence electrons. The summed E-state index contributed by atoms with van der Waals surface area (Å²) in [7, 11) is 0. The zero-order valence-electron chi connectivity index (χ0n) is 19.9. The minimum absolute atomic E-state index is 0.116. The van der Waals surface area contributed by atoms with E-state index in [1.165, 1.54) is 0 Å². The van der Waals surface area contributed by atoms with Crippen molar-refractivity contribution in [3.05, 3.63) is 23.8 Å². The Morgan fingerprint density at radius 3 is 2.06 bits per heavy atom. The molecule has 3 N–H and O–H groups in total. The Labute approximate surface area is 196 Å². The third-order valence-corrected chi connectivity index (χ3v) is 8.17. The summed E-state index contributed by atoms with van der Waals surface area (Å²) in [5, 5.41) is 28.9. The number of rotatable bonds is 4. The van der Waals surface area contributed by atoms with Crippen molar-refractivity contribution in [3.63, 3.8) is 0 Å². The standard InChI is InChI=1S/C25H34F6O3/c1-16(7-6-11-23(34,24(26,27)28)25(29,30)31)22(4)12-10-18(21(22,2)3)9-5-8-17-13-19(32)15-20(33)14-17/h5,8-9,16,18-20,32-34H,7,10,12-15H2,1-4H3/b9-5+/t16-,18-,19-,20-,22-/m1/s1. The van der Waals surface area contributed by atoms with E-state index in [0.717, 1.165) is 17.9 Å². The predicted octanol–water partition coefficient (Wildman–Crippen LogP) is 5.70. The van der Waals surface area contributed by atoms with E-state index in [-0.39, 0.29) is 23.7 Å². The second kappa shape index (κ2) is 9.87. The molecule has 2 aliphatic rings. The van der Waals surface area contributed by atoms with E-state index in [4.69, 9.17) is 0 Å². The van der Waals surface area contributed by atoms with Gasteiger partial charge < -0.3 is 15.3 Å². The van der Waals surface area contributed by atoms with Crippen LogP contribution >= 0.6 is 0 Å². The molecule has 34 heavy (non-hydrogen) atoms. The lowest BCUT2D eigenvalue weighted by molar-refractivity contribution is -0.343. The molecule has 0 aromatic carbocycles. The lowest BCUT2D eigenvalue weighted by Crippen LogP contribution is -2.55. The average molecular weight is 497 g/mol. The first-order chi connectivity index (χ1) is 15.3. The molecule has 0 unspecified atom stereocenters. The Morgan fingerprint density at radius 2 is 1.56 bits per heavy atom. The predicted molar refractivity (Wildman–Crippen MR) is 116 cm³/mol. The molecule has 0 bridgehead atoms. The maximum atomic E-state index is 12.9. The van der Waals surface area contributed by atoms with Gasteiger partial charge >= 0.3 is 18.0 Å². The number of hydrogen-bond acceptors (Lipinski definition) is 3. The number of alkyl halides is 6. The van der Waals surface area contributed by atoms with Crippen LogP contribution in [0.25, 0.3) is 0 Å². The van der Waals surface area contributed by atoms with Crippen molar-refractivity contribution < 1.29 is 41.7 Å². The maximum absolute atomic E-state index is 12.9. The molecule has 9 heteroatoms. The van der Waals surface area contributed by atoms with Crippen molar-refractivity contribution in [1.29, 1.82) is 0 Å². The van der Waals surface area contributed by atoms with Crippen LogP contribution in [0, 0.1) is 34.5 Å². The van der Waals surface area contributed by atoms with E-state index in [1.54, 1.807) is 6.92 Å². The number of allylic oxidation sites excluding steroid dienone is 3. The maximum Gasteiger partial charge on any atom is 0.438 e. The zero-order chi connectivity index (χ0) is 26.2. The van der Waals surface area contributed by atoms with Gasteiger partial charge in [0.2, 0.25) is 0 Å². The van der Waals surface area contributed by atoms with Crippen LogP contribution in [0.2, 0.25) is 0 Å². The van der Waals surface area contributed by atoms with Crippen molar-refractivity contribution in [2.75, 3.05) is 0 Å². The van der Waals surface area contributed by atoms with Crippen molar-refractivity contribution in [2.45, 2.75) is 96.4 Å². The molecular weight excluding hydrogens is 462 g/mol. The number of hydrogen-bond donors (Lipinski definition) is 3. The molecule has 0 spiro atoms. The monoisotopic (exact) mass is 496 g/mol. The summed E-state index contributed by atoms with van der Waals surface area (Å²) in [6.07, 6.45) is -4.55. The van der Waals surface area contributed by atoms with Gasteiger partial charge in [-0.2, -0.15) is 26.3 Å². The van der Waals surface area contributed by atoms with Crippen molar-refractivity contribution >= 4 is 0 Å². The van der Waals surface area contributed by atoms with E-state index in [1.807, 2.05) is 44.9 Å². The molecule has 3 nitrogen and oxygen atoms in total. The van der Waals surface area contributed by atoms with Gasteiger partial charge in [-0.3, -0.25) is 0 Å². The Hall–Kier alpha value is -1.50. The highest BCUT2D eigenvalue weighted by molar-refractivity contribution is 5.22. The summed E-state index contributed by atoms with van der Waals surface area (Å²) in [6.45, 7) is 7.79. The fourth-order valence-corrected chi connectivity index (χ4v) is 5.27. The van der Waals surface area contributed by atoms with Gasteiger partial charge in [0.1, 0.15) is 0 Å². The van der Waals surface area contributed by atoms with E-state index in [9.17, 15) is 41.7 Å². The van der Waals surface area contributed by atoms with Gasteiger partial charge in [-0.15, -0.1) is 0 Å². The molecule has 0 aromatic heterocycles. The van der Waals surface area contributed by atoms with Gasteiger partial charge in [-0.1, -0.05) is 57.4 Å². The first-order valence-corrected chi connectivity index (χ1v) is 11.4. The summed E-state index contributed by atoms with van der Waals surface area (Å²) < 4.78 is 77.2. The molecule has 2 fully saturated rings. The fourth-order valence-electron chi connectivity index (χ4n) is 5.27. The molecule has 0 radical (unpaired) electrons. The van der Waals surface area contributed by atoms with E-state index in [2.05, 4.69) is 0 Å². The molecule has 2 rings (SSSR count). The van der Waals surface area contributed by atoms with Crippen molar-refractivity contribution in [2.24, 2.45) is 22.7 Å². The Morgan fingerprint density at radius 1 is 1.03 bits per heavy atom. The van der Waals surface area contributed by atoms with Gasteiger partial charge in [-0.25, -0.2) is 0 Å². The number of aliphatic hydroxyl groups is 3. The summed E-state index contributed by atoms with van der Waals surface area (Å²) in [5.41, 5.74) is -4.83. The van der Waals surface area contributed by atoms with Crippen molar-refractivity contribution in [1.82, 2.24) is 0 Å². The molecule has 5 atom stereocenters. The minimum atomic E-state index is -5.95. The van der Waals surface area contributed by atoms with Crippen LogP contribution in [0.5, 0.6) is 0 Å². The SMILES string of the molecule is C[C@H](CC#CC(O)(C(F)(F)F)C(F)(F)F)[C@@]1(C)CC[C@@H](/C=C/C=C2C[C@@H](O)C[C@H](O)C2)C1(C)C. The smallest absolute Gasteiger partial charge is 0.393 e. The molecule has 0 aliphatic heterocycles. The first kappa shape index (κ1) is 28.7. The van der Waals surface area contributed by atoms with Gasteiger partial charge in [-0.05, 0) is 60.7 Å². The largest absolute Gasteiger partial charge is 0.438 e. The van der Waals surface area contributed by atoms with Crippen LogP contribution in [-0.2, 0) is 0 Å². The van der Waals surface area contributed by atoms with Crippen LogP contribution in [0.1, 0.15) is 66.2 Å². The molecule has 0 heterocycles. The molecule has 0 amide bonds. The van der Waals surface area contributed by atoms with E-state index < -0.39 is 35.6 Å². The molecule has 2 aliphatic carbocycles. The van der Waals surface area contributed by atoms with Gasteiger partial charge in [0.05, 0.1) is 12.2 Å². The number of halogens is 6. The van der Waals surface area contributed by atoms with Gasteiger partial charge in [0, 0.05) is 6.42 Å². The molecule has 0 saturated heterocycles. The quantitative estimate of drug-likeness (QED) is 0.346. The first-order valence-electron chi connectivity index (χ1n) is 11.4. The van der Waals surface area contributed by atoms with E-state index in [0.29, 0.717) is 25.7 Å². The van der Waals surface area contributed by atoms with Gasteiger partial charge in [0.15, 0.2) is 0 Å². The third-order valence-electron chi connectivity index (χ3n) is 8.17. The minimum Gasteiger partial charge on any atom is -0.393 e. The highest BCUT2D eigenvalue weighted by Crippen LogP contribution is 2.60. The lowest BCUT2D eigenvalue weighted by atomic mass is 9.59. The summed E-state index contributed by atoms with van der Waals surface area (Å²) in [4.78, 5) is 0. The van der Waals surface area contributed by atoms with Crippen LogP contribution < -0.4 is 0 Å². The Kier molecular flexibility index (Phi) is 8.34. The summed E-state index contributed by atoms with van der Waals surface area (Å²) >= 11 is 0. The van der Waals surface area contributed by atoms with Crippen LogP contribution in [0.3, 0.4) is 0 Å². The van der Waals surface area contributed by atoms with Crippen LogP contribution in [-0.4, -0.2) is 45.5 Å². The molecule has 0 aromatic rings. The van der Waals surface area contributed by atoms with Crippen LogP contribution in [0.4, 0.5) is 26.3 Å². The molecule has 2 saturated carbocycles. The normalized spacial score (nSPS) is 31.3. The topological polar surface area (TPSA) is 60.7 Å². The molecular formula is C25H34F6O3. The van der Waals surface area contributed by atoms with Crippen molar-refractivity contribution in [3.8, 4) is 11.8 Å². The Bertz CT molecular complexity index is 819. The second-order valence-electron chi connectivity index (χ2n) is 10.6.